The Morgan fingerprint density at radius 3 is 2.54 bits per heavy atom. The second kappa shape index (κ2) is 6.38. The summed E-state index contributed by atoms with van der Waals surface area (Å²) < 4.78 is 0. The highest BCUT2D eigenvalue weighted by Crippen LogP contribution is 1.94. The monoisotopic (exact) mass is 203 g/mol. The molecule has 1 saturated heterocycles. The van der Waals surface area contributed by atoms with E-state index in [1.165, 1.54) is 0 Å². The molecule has 0 saturated carbocycles. The van der Waals surface area contributed by atoms with Crippen LogP contribution in [0, 0.1) is 0 Å². The van der Waals surface area contributed by atoms with Gasteiger partial charge in [-0.05, 0) is 7.05 Å². The molecular weight excluding hydrogens is 186 g/mol. The number of nitrogens with one attached hydrogen (secondary N) is 1. The van der Waals surface area contributed by atoms with Gasteiger partial charge >= 0.3 is 0 Å². The van der Waals surface area contributed by atoms with Crippen molar-refractivity contribution in [1.82, 2.24) is 15.3 Å². The molecule has 1 aliphatic rings. The number of hydrazine groups is 1. The summed E-state index contributed by atoms with van der Waals surface area (Å²) in [5.74, 6) is 0.602. The SMILES string of the molecule is CN1CCN(NC/C=C/CCl)CC1. The number of nitrogens with zero attached hydrogens (tertiary/aromatic N) is 2. The molecule has 1 N–H and O–H groups in total. The minimum atomic E-state index is 0.602. The standard InChI is InChI=1S/C9H18ClN3/c1-12-6-8-13(9-7-12)11-5-3-2-4-10/h2-3,11H,4-9H2,1H3/b3-2+. The highest BCUT2D eigenvalue weighted by molar-refractivity contribution is 6.18. The number of rotatable bonds is 4. The summed E-state index contributed by atoms with van der Waals surface area (Å²) in [5, 5.41) is 2.26. The van der Waals surface area contributed by atoms with Crippen molar-refractivity contribution in [2.24, 2.45) is 0 Å². The third kappa shape index (κ3) is 4.62. The van der Waals surface area contributed by atoms with Crippen molar-refractivity contribution in [3.8, 4) is 0 Å². The van der Waals surface area contributed by atoms with Crippen molar-refractivity contribution in [2.45, 2.75) is 0 Å². The Morgan fingerprint density at radius 1 is 1.23 bits per heavy atom. The number of alkyl halides is 1. The normalized spacial score (nSPS) is 21.4. The van der Waals surface area contributed by atoms with E-state index in [-0.39, 0.29) is 0 Å². The fourth-order valence-electron chi connectivity index (χ4n) is 1.29. The van der Waals surface area contributed by atoms with Crippen molar-refractivity contribution >= 4 is 11.6 Å². The first kappa shape index (κ1) is 11.0. The molecule has 1 fully saturated rings. The third-order valence-corrected chi connectivity index (χ3v) is 2.37. The van der Waals surface area contributed by atoms with Gasteiger partial charge in [0.1, 0.15) is 0 Å². The fourth-order valence-corrected chi connectivity index (χ4v) is 1.42. The number of hydrogen-bond acceptors (Lipinski definition) is 3. The van der Waals surface area contributed by atoms with Crippen LogP contribution in [-0.2, 0) is 0 Å². The van der Waals surface area contributed by atoms with Gasteiger partial charge in [0.05, 0.1) is 0 Å². The molecule has 0 amide bonds. The Bertz CT molecular complexity index is 153. The zero-order valence-corrected chi connectivity index (χ0v) is 8.93. The predicted molar refractivity (Wildman–Crippen MR) is 56.9 cm³/mol. The van der Waals surface area contributed by atoms with Crippen molar-refractivity contribution < 1.29 is 0 Å². The minimum absolute atomic E-state index is 0.602. The molecule has 0 aromatic heterocycles. The number of hydrogen-bond donors (Lipinski definition) is 1. The highest BCUT2D eigenvalue weighted by Gasteiger charge is 2.11. The third-order valence-electron chi connectivity index (χ3n) is 2.19. The van der Waals surface area contributed by atoms with Gasteiger partial charge in [-0.15, -0.1) is 11.6 Å². The number of halogens is 1. The summed E-state index contributed by atoms with van der Waals surface area (Å²) in [7, 11) is 2.16. The zero-order valence-electron chi connectivity index (χ0n) is 8.17. The van der Waals surface area contributed by atoms with E-state index in [9.17, 15) is 0 Å². The maximum atomic E-state index is 5.51. The summed E-state index contributed by atoms with van der Waals surface area (Å²) in [6.45, 7) is 5.38. The van der Waals surface area contributed by atoms with Crippen molar-refractivity contribution in [1.29, 1.82) is 0 Å². The molecule has 0 aliphatic carbocycles. The number of piperazine rings is 1. The van der Waals surface area contributed by atoms with Gasteiger partial charge in [0, 0.05) is 38.6 Å². The summed E-state index contributed by atoms with van der Waals surface area (Å²) in [4.78, 5) is 2.34. The van der Waals surface area contributed by atoms with Crippen LogP contribution in [0.4, 0.5) is 0 Å². The Kier molecular flexibility index (Phi) is 5.39. The van der Waals surface area contributed by atoms with Crippen LogP contribution < -0.4 is 5.43 Å². The summed E-state index contributed by atoms with van der Waals surface area (Å²) in [6.07, 6.45) is 4.02. The van der Waals surface area contributed by atoms with E-state index < -0.39 is 0 Å². The van der Waals surface area contributed by atoms with Crippen LogP contribution in [0.3, 0.4) is 0 Å². The van der Waals surface area contributed by atoms with Gasteiger partial charge in [-0.2, -0.15) is 0 Å². The average Bonchev–Trinajstić information content (AvgIpc) is 2.15. The number of allylic oxidation sites excluding steroid dienone is 1. The molecular formula is C9H18ClN3. The largest absolute Gasteiger partial charge is 0.304 e. The van der Waals surface area contributed by atoms with Gasteiger partial charge in [0.15, 0.2) is 0 Å². The number of likely N-dealkylation sites (N-methyl/N-ethyl adjacent to an activating group) is 1. The lowest BCUT2D eigenvalue weighted by Gasteiger charge is -2.32. The smallest absolute Gasteiger partial charge is 0.0404 e. The first-order valence-corrected chi connectivity index (χ1v) is 5.24. The van der Waals surface area contributed by atoms with Crippen LogP contribution in [0.25, 0.3) is 0 Å². The fraction of sp³-hybridized carbons (Fsp3) is 0.778. The maximum absolute atomic E-state index is 5.51. The van der Waals surface area contributed by atoms with E-state index in [0.29, 0.717) is 5.88 Å². The Balaban J connectivity index is 2.05. The molecule has 0 bridgehead atoms. The molecule has 13 heavy (non-hydrogen) atoms. The van der Waals surface area contributed by atoms with E-state index >= 15 is 0 Å². The lowest BCUT2D eigenvalue weighted by atomic mass is 10.4. The lowest BCUT2D eigenvalue weighted by Crippen LogP contribution is -2.50. The quantitative estimate of drug-likeness (QED) is 0.532. The van der Waals surface area contributed by atoms with Gasteiger partial charge in [-0.1, -0.05) is 12.2 Å². The molecule has 4 heteroatoms. The molecule has 0 unspecified atom stereocenters. The second-order valence-corrected chi connectivity index (χ2v) is 3.59. The van der Waals surface area contributed by atoms with Crippen LogP contribution in [-0.4, -0.2) is 55.6 Å². The highest BCUT2D eigenvalue weighted by atomic mass is 35.5. The summed E-state index contributed by atoms with van der Waals surface area (Å²) in [6, 6.07) is 0. The zero-order chi connectivity index (χ0) is 9.52. The molecule has 0 aromatic rings. The van der Waals surface area contributed by atoms with Crippen LogP contribution in [0.1, 0.15) is 0 Å². The first-order valence-electron chi connectivity index (χ1n) is 4.71. The maximum Gasteiger partial charge on any atom is 0.0404 e. The van der Waals surface area contributed by atoms with E-state index in [0.717, 1.165) is 32.7 Å². The molecule has 3 nitrogen and oxygen atoms in total. The van der Waals surface area contributed by atoms with E-state index in [4.69, 9.17) is 11.6 Å². The predicted octanol–water partition coefficient (Wildman–Crippen LogP) is 0.533. The minimum Gasteiger partial charge on any atom is -0.304 e. The van der Waals surface area contributed by atoms with Crippen molar-refractivity contribution in [3.63, 3.8) is 0 Å². The Hall–Kier alpha value is -0.0900. The van der Waals surface area contributed by atoms with Crippen molar-refractivity contribution in [2.75, 3.05) is 45.7 Å². The van der Waals surface area contributed by atoms with Crippen LogP contribution >= 0.6 is 11.6 Å². The topological polar surface area (TPSA) is 18.5 Å². The van der Waals surface area contributed by atoms with Gasteiger partial charge in [0.2, 0.25) is 0 Å². The molecule has 1 rings (SSSR count). The van der Waals surface area contributed by atoms with Crippen molar-refractivity contribution in [3.05, 3.63) is 12.2 Å². The van der Waals surface area contributed by atoms with E-state index in [1.807, 2.05) is 6.08 Å². The molecule has 1 heterocycles. The molecule has 0 radical (unpaired) electrons. The van der Waals surface area contributed by atoms with Crippen LogP contribution in [0.15, 0.2) is 12.2 Å². The summed E-state index contributed by atoms with van der Waals surface area (Å²) >= 11 is 5.51. The molecule has 0 atom stereocenters. The van der Waals surface area contributed by atoms with Crippen LogP contribution in [0.2, 0.25) is 0 Å². The van der Waals surface area contributed by atoms with Crippen LogP contribution in [0.5, 0.6) is 0 Å². The van der Waals surface area contributed by atoms with Gasteiger partial charge < -0.3 is 4.90 Å². The lowest BCUT2D eigenvalue weighted by molar-refractivity contribution is 0.110. The first-order chi connectivity index (χ1) is 6.33. The summed E-state index contributed by atoms with van der Waals surface area (Å²) in [5.41, 5.74) is 3.34. The molecule has 1 aliphatic heterocycles. The van der Waals surface area contributed by atoms with E-state index in [2.05, 4.69) is 28.5 Å². The van der Waals surface area contributed by atoms with Gasteiger partial charge in [0.25, 0.3) is 0 Å². The van der Waals surface area contributed by atoms with Gasteiger partial charge in [-0.3, -0.25) is 5.43 Å². The van der Waals surface area contributed by atoms with Gasteiger partial charge in [-0.25, -0.2) is 5.01 Å². The molecule has 76 valence electrons. The molecule has 0 aromatic carbocycles. The average molecular weight is 204 g/mol. The second-order valence-electron chi connectivity index (χ2n) is 3.28. The molecule has 0 spiro atoms. The van der Waals surface area contributed by atoms with E-state index in [1.54, 1.807) is 0 Å². The Morgan fingerprint density at radius 2 is 1.92 bits per heavy atom. The Labute approximate surface area is 85.3 Å².